The second-order valence-corrected chi connectivity index (χ2v) is 6.66. The van der Waals surface area contributed by atoms with Crippen molar-refractivity contribution in [1.29, 1.82) is 0 Å². The van der Waals surface area contributed by atoms with Gasteiger partial charge in [0.15, 0.2) is 17.0 Å². The zero-order chi connectivity index (χ0) is 17.6. The Morgan fingerprint density at radius 1 is 1.08 bits per heavy atom. The zero-order valence-electron chi connectivity index (χ0n) is 14.4. The first-order valence-electron chi connectivity index (χ1n) is 8.56. The van der Waals surface area contributed by atoms with E-state index in [4.69, 9.17) is 0 Å². The molecule has 1 saturated carbocycles. The third kappa shape index (κ3) is 2.59. The number of hydrogen-bond donors (Lipinski definition) is 0. The lowest BCUT2D eigenvalue weighted by molar-refractivity contribution is 0.397. The minimum absolute atomic E-state index is 0.316. The van der Waals surface area contributed by atoms with Crippen molar-refractivity contribution in [2.45, 2.75) is 44.7 Å². The van der Waals surface area contributed by atoms with Gasteiger partial charge in [0, 0.05) is 33.1 Å². The van der Waals surface area contributed by atoms with Crippen LogP contribution in [0.4, 0.5) is 0 Å². The molecule has 0 amide bonds. The predicted molar refractivity (Wildman–Crippen MR) is 91.4 cm³/mol. The molecule has 25 heavy (non-hydrogen) atoms. The van der Waals surface area contributed by atoms with Crippen LogP contribution in [0.5, 0.6) is 0 Å². The van der Waals surface area contributed by atoms with Gasteiger partial charge in [-0.25, -0.2) is 14.8 Å². The second-order valence-electron chi connectivity index (χ2n) is 6.66. The molecule has 0 radical (unpaired) electrons. The van der Waals surface area contributed by atoms with Crippen LogP contribution in [0.2, 0.25) is 0 Å². The molecule has 0 aliphatic heterocycles. The largest absolute Gasteiger partial charge is 0.332 e. The third-order valence-electron chi connectivity index (χ3n) is 5.03. The van der Waals surface area contributed by atoms with Crippen LogP contribution in [0.3, 0.4) is 0 Å². The summed E-state index contributed by atoms with van der Waals surface area (Å²) in [6, 6.07) is 0. The van der Waals surface area contributed by atoms with Crippen molar-refractivity contribution in [3.63, 3.8) is 0 Å². The first-order chi connectivity index (χ1) is 12.1. The summed E-state index contributed by atoms with van der Waals surface area (Å²) in [6.45, 7) is 1.36. The fourth-order valence-corrected chi connectivity index (χ4v) is 3.24. The molecule has 0 aromatic carbocycles. The van der Waals surface area contributed by atoms with E-state index in [1.807, 2.05) is 4.68 Å². The molecule has 4 rings (SSSR count). The van der Waals surface area contributed by atoms with E-state index in [-0.39, 0.29) is 11.2 Å². The fraction of sp³-hybridized carbons (Fsp3) is 0.562. The quantitative estimate of drug-likeness (QED) is 0.668. The van der Waals surface area contributed by atoms with Gasteiger partial charge in [-0.3, -0.25) is 18.6 Å². The van der Waals surface area contributed by atoms with Gasteiger partial charge < -0.3 is 4.57 Å². The highest BCUT2D eigenvalue weighted by Crippen LogP contribution is 2.33. The zero-order valence-corrected chi connectivity index (χ0v) is 14.4. The maximum Gasteiger partial charge on any atom is 0.332 e. The van der Waals surface area contributed by atoms with Gasteiger partial charge in [0.2, 0.25) is 0 Å². The van der Waals surface area contributed by atoms with Gasteiger partial charge in [0.25, 0.3) is 5.56 Å². The molecule has 132 valence electrons. The van der Waals surface area contributed by atoms with E-state index in [1.54, 1.807) is 24.3 Å². The maximum atomic E-state index is 12.4. The number of imidazole rings is 1. The molecule has 0 unspecified atom stereocenters. The monoisotopic (exact) mass is 343 g/mol. The van der Waals surface area contributed by atoms with Gasteiger partial charge in [-0.2, -0.15) is 5.10 Å². The highest BCUT2D eigenvalue weighted by Gasteiger charge is 2.23. The SMILES string of the molecule is Cn1c(=O)c2c(ncn2CCCn2cnc(C3CCC3)n2)n(C)c1=O. The lowest BCUT2D eigenvalue weighted by Gasteiger charge is -2.21. The molecule has 1 aliphatic rings. The molecule has 0 bridgehead atoms. The average molecular weight is 343 g/mol. The Morgan fingerprint density at radius 2 is 1.88 bits per heavy atom. The van der Waals surface area contributed by atoms with Gasteiger partial charge in [0.1, 0.15) is 6.33 Å². The summed E-state index contributed by atoms with van der Waals surface area (Å²) in [4.78, 5) is 33.0. The van der Waals surface area contributed by atoms with Crippen molar-refractivity contribution in [2.24, 2.45) is 14.1 Å². The summed E-state index contributed by atoms with van der Waals surface area (Å²) in [6.07, 6.45) is 7.84. The lowest BCUT2D eigenvalue weighted by atomic mass is 9.85. The fourth-order valence-electron chi connectivity index (χ4n) is 3.24. The number of nitrogens with zero attached hydrogens (tertiary/aromatic N) is 7. The van der Waals surface area contributed by atoms with Crippen LogP contribution >= 0.6 is 0 Å². The van der Waals surface area contributed by atoms with Gasteiger partial charge in [-0.05, 0) is 19.3 Å². The summed E-state index contributed by atoms with van der Waals surface area (Å²) in [5.41, 5.74) is 0.192. The molecular weight excluding hydrogens is 322 g/mol. The number of aryl methyl sites for hydroxylation is 3. The molecule has 3 heterocycles. The van der Waals surface area contributed by atoms with Crippen molar-refractivity contribution >= 4 is 11.2 Å². The molecule has 0 spiro atoms. The number of rotatable bonds is 5. The van der Waals surface area contributed by atoms with E-state index < -0.39 is 0 Å². The van der Waals surface area contributed by atoms with E-state index in [9.17, 15) is 9.59 Å². The Kier molecular flexibility index (Phi) is 3.78. The molecule has 3 aromatic heterocycles. The molecule has 0 saturated heterocycles. The second kappa shape index (κ2) is 5.98. The molecule has 1 aliphatic carbocycles. The summed E-state index contributed by atoms with van der Waals surface area (Å²) < 4.78 is 6.18. The van der Waals surface area contributed by atoms with Gasteiger partial charge in [-0.15, -0.1) is 0 Å². The first-order valence-corrected chi connectivity index (χ1v) is 8.56. The van der Waals surface area contributed by atoms with Crippen LogP contribution in [0.25, 0.3) is 11.2 Å². The van der Waals surface area contributed by atoms with Crippen molar-refractivity contribution < 1.29 is 0 Å². The van der Waals surface area contributed by atoms with Gasteiger partial charge >= 0.3 is 5.69 Å². The summed E-state index contributed by atoms with van der Waals surface area (Å²) >= 11 is 0. The van der Waals surface area contributed by atoms with E-state index in [1.165, 1.54) is 30.9 Å². The summed E-state index contributed by atoms with van der Waals surface area (Å²) in [5, 5.41) is 4.54. The lowest BCUT2D eigenvalue weighted by Crippen LogP contribution is -2.37. The summed E-state index contributed by atoms with van der Waals surface area (Å²) in [7, 11) is 3.11. The topological polar surface area (TPSA) is 92.5 Å². The molecule has 0 atom stereocenters. The first kappa shape index (κ1) is 15.8. The van der Waals surface area contributed by atoms with Crippen LogP contribution in [-0.4, -0.2) is 33.4 Å². The molecular formula is C16H21N7O2. The van der Waals surface area contributed by atoms with Crippen LogP contribution in [0.1, 0.15) is 37.4 Å². The Morgan fingerprint density at radius 3 is 2.60 bits per heavy atom. The third-order valence-corrected chi connectivity index (χ3v) is 5.03. The predicted octanol–water partition coefficient (Wildman–Crippen LogP) is 0.383. The minimum Gasteiger partial charge on any atom is -0.325 e. The minimum atomic E-state index is -0.367. The smallest absolute Gasteiger partial charge is 0.325 e. The standard InChI is InChI=1S/C16H21N7O2/c1-20-14-12(15(24)21(2)16(20)25)22(9-18-14)7-4-8-23-10-17-13(19-23)11-5-3-6-11/h9-11H,3-8H2,1-2H3. The van der Waals surface area contributed by atoms with Crippen molar-refractivity contribution in [3.8, 4) is 0 Å². The highest BCUT2D eigenvalue weighted by molar-refractivity contribution is 5.69. The number of aromatic nitrogens is 7. The average Bonchev–Trinajstić information content (AvgIpc) is 3.17. The van der Waals surface area contributed by atoms with Gasteiger partial charge in [0.05, 0.1) is 6.33 Å². The molecule has 1 fully saturated rings. The van der Waals surface area contributed by atoms with E-state index in [0.717, 1.165) is 23.4 Å². The van der Waals surface area contributed by atoms with E-state index >= 15 is 0 Å². The highest BCUT2D eigenvalue weighted by atomic mass is 16.2. The van der Waals surface area contributed by atoms with Crippen LogP contribution in [-0.2, 0) is 27.2 Å². The molecule has 9 heteroatoms. The Balaban J connectivity index is 1.51. The van der Waals surface area contributed by atoms with Crippen molar-refractivity contribution in [2.75, 3.05) is 0 Å². The Labute approximate surface area is 143 Å². The molecule has 9 nitrogen and oxygen atoms in total. The number of hydrogen-bond acceptors (Lipinski definition) is 5. The molecule has 0 N–H and O–H groups in total. The van der Waals surface area contributed by atoms with Crippen LogP contribution in [0, 0.1) is 0 Å². The van der Waals surface area contributed by atoms with Crippen LogP contribution in [0.15, 0.2) is 22.2 Å². The Bertz CT molecular complexity index is 1040. The van der Waals surface area contributed by atoms with Gasteiger partial charge in [-0.1, -0.05) is 6.42 Å². The van der Waals surface area contributed by atoms with Crippen molar-refractivity contribution in [3.05, 3.63) is 39.3 Å². The maximum absolute atomic E-state index is 12.4. The molecule has 3 aromatic rings. The number of fused-ring (bicyclic) bond motifs is 1. The van der Waals surface area contributed by atoms with E-state index in [2.05, 4.69) is 15.1 Å². The summed E-state index contributed by atoms with van der Waals surface area (Å²) in [5.74, 6) is 1.48. The normalized spacial score (nSPS) is 15.0. The van der Waals surface area contributed by atoms with E-state index in [0.29, 0.717) is 23.6 Å². The Hall–Kier alpha value is -2.71. The van der Waals surface area contributed by atoms with Crippen molar-refractivity contribution in [1.82, 2.24) is 33.4 Å². The van der Waals surface area contributed by atoms with Crippen LogP contribution < -0.4 is 11.2 Å².